The second-order valence-corrected chi connectivity index (χ2v) is 4.96. The molecule has 17 heavy (non-hydrogen) atoms. The van der Waals surface area contributed by atoms with Crippen LogP contribution in [0.5, 0.6) is 0 Å². The molecule has 0 spiro atoms. The van der Waals surface area contributed by atoms with E-state index in [1.165, 1.54) is 0 Å². The van der Waals surface area contributed by atoms with Crippen molar-refractivity contribution >= 4 is 18.3 Å². The van der Waals surface area contributed by atoms with E-state index in [0.29, 0.717) is 18.9 Å². The molecule has 3 atom stereocenters. The number of alkyl halides is 1. The summed E-state index contributed by atoms with van der Waals surface area (Å²) in [5.74, 6) is 0.506. The van der Waals surface area contributed by atoms with Crippen molar-refractivity contribution in [3.63, 3.8) is 0 Å². The standard InChI is InChI=1S/C11H20FN3O.ClH/c1-15-3-2-8(7-15)5-14-11(16)10-4-9(12)6-13-10;/h8-10,13H,2-7H2,1H3,(H,14,16);1H/t8-,9-,10+;/m1./s1. The molecular weight excluding hydrogens is 245 g/mol. The third kappa shape index (κ3) is 4.08. The predicted octanol–water partition coefficient (Wildman–Crippen LogP) is 0.176. The first kappa shape index (κ1) is 14.7. The maximum atomic E-state index is 12.9. The highest BCUT2D eigenvalue weighted by Crippen LogP contribution is 2.14. The number of carbonyl (C=O) groups is 1. The third-order valence-electron chi connectivity index (χ3n) is 3.45. The predicted molar refractivity (Wildman–Crippen MR) is 67.2 cm³/mol. The van der Waals surface area contributed by atoms with E-state index in [1.54, 1.807) is 0 Å². The van der Waals surface area contributed by atoms with Gasteiger partial charge in [0.25, 0.3) is 0 Å². The SMILES string of the molecule is CN1CC[C@H](CNC(=O)[C@@H]2C[C@@H](F)CN2)C1.Cl. The largest absolute Gasteiger partial charge is 0.354 e. The Balaban J connectivity index is 0.00000144. The Kier molecular flexibility index (Phi) is 5.62. The lowest BCUT2D eigenvalue weighted by Gasteiger charge is -2.14. The van der Waals surface area contributed by atoms with Gasteiger partial charge in [-0.1, -0.05) is 0 Å². The molecule has 1 amide bonds. The van der Waals surface area contributed by atoms with Crippen molar-refractivity contribution in [2.45, 2.75) is 25.1 Å². The fraction of sp³-hybridized carbons (Fsp3) is 0.909. The van der Waals surface area contributed by atoms with Crippen LogP contribution in [0.25, 0.3) is 0 Å². The van der Waals surface area contributed by atoms with Gasteiger partial charge in [-0.15, -0.1) is 12.4 Å². The monoisotopic (exact) mass is 265 g/mol. The molecule has 0 bridgehead atoms. The number of likely N-dealkylation sites (tertiary alicyclic amines) is 1. The topological polar surface area (TPSA) is 44.4 Å². The molecule has 100 valence electrons. The van der Waals surface area contributed by atoms with Gasteiger partial charge in [-0.3, -0.25) is 4.79 Å². The molecule has 0 aliphatic carbocycles. The van der Waals surface area contributed by atoms with Crippen LogP contribution in [0.2, 0.25) is 0 Å². The van der Waals surface area contributed by atoms with E-state index in [1.807, 2.05) is 0 Å². The Labute approximate surface area is 108 Å². The normalized spacial score (nSPS) is 33.4. The Hall–Kier alpha value is -0.390. The minimum absolute atomic E-state index is 0. The molecule has 2 saturated heterocycles. The third-order valence-corrected chi connectivity index (χ3v) is 3.45. The zero-order valence-corrected chi connectivity index (χ0v) is 10.9. The minimum Gasteiger partial charge on any atom is -0.354 e. The average Bonchev–Trinajstić information content (AvgIpc) is 2.84. The van der Waals surface area contributed by atoms with Gasteiger partial charge in [0.1, 0.15) is 6.17 Å². The van der Waals surface area contributed by atoms with Crippen LogP contribution in [0, 0.1) is 5.92 Å². The second-order valence-electron chi connectivity index (χ2n) is 4.96. The summed E-state index contributed by atoms with van der Waals surface area (Å²) in [5, 5.41) is 5.81. The summed E-state index contributed by atoms with van der Waals surface area (Å²) in [5.41, 5.74) is 0. The summed E-state index contributed by atoms with van der Waals surface area (Å²) >= 11 is 0. The lowest BCUT2D eigenvalue weighted by molar-refractivity contribution is -0.123. The van der Waals surface area contributed by atoms with Crippen LogP contribution in [0.4, 0.5) is 4.39 Å². The number of nitrogens with zero attached hydrogens (tertiary/aromatic N) is 1. The number of rotatable bonds is 3. The van der Waals surface area contributed by atoms with Gasteiger partial charge in [0.05, 0.1) is 6.04 Å². The maximum absolute atomic E-state index is 12.9. The van der Waals surface area contributed by atoms with Crippen molar-refractivity contribution < 1.29 is 9.18 Å². The molecular formula is C11H21ClFN3O. The molecule has 2 rings (SSSR count). The Morgan fingerprint density at radius 1 is 1.59 bits per heavy atom. The Morgan fingerprint density at radius 3 is 2.88 bits per heavy atom. The second kappa shape index (κ2) is 6.52. The number of hydrogen-bond donors (Lipinski definition) is 2. The van der Waals surface area contributed by atoms with Crippen LogP contribution in [0.3, 0.4) is 0 Å². The summed E-state index contributed by atoms with van der Waals surface area (Å²) in [7, 11) is 2.09. The van der Waals surface area contributed by atoms with E-state index in [4.69, 9.17) is 0 Å². The molecule has 2 N–H and O–H groups in total. The van der Waals surface area contributed by atoms with E-state index >= 15 is 0 Å². The molecule has 0 aromatic rings. The molecule has 0 radical (unpaired) electrons. The zero-order chi connectivity index (χ0) is 11.5. The number of halogens is 2. The maximum Gasteiger partial charge on any atom is 0.237 e. The van der Waals surface area contributed by atoms with Gasteiger partial charge in [0.2, 0.25) is 5.91 Å². The van der Waals surface area contributed by atoms with E-state index in [9.17, 15) is 9.18 Å². The molecule has 0 aromatic heterocycles. The molecule has 2 heterocycles. The highest BCUT2D eigenvalue weighted by molar-refractivity contribution is 5.85. The zero-order valence-electron chi connectivity index (χ0n) is 10.1. The molecule has 0 unspecified atom stereocenters. The molecule has 4 nitrogen and oxygen atoms in total. The first-order valence-electron chi connectivity index (χ1n) is 5.99. The fourth-order valence-corrected chi connectivity index (χ4v) is 2.45. The summed E-state index contributed by atoms with van der Waals surface area (Å²) in [6.07, 6.45) is 0.588. The molecule has 2 aliphatic rings. The van der Waals surface area contributed by atoms with Gasteiger partial charge in [0.15, 0.2) is 0 Å². The quantitative estimate of drug-likeness (QED) is 0.765. The van der Waals surface area contributed by atoms with Crippen molar-refractivity contribution in [2.24, 2.45) is 5.92 Å². The highest BCUT2D eigenvalue weighted by atomic mass is 35.5. The van der Waals surface area contributed by atoms with Crippen LogP contribution in [-0.4, -0.2) is 56.2 Å². The smallest absolute Gasteiger partial charge is 0.237 e. The van der Waals surface area contributed by atoms with E-state index in [0.717, 1.165) is 26.1 Å². The van der Waals surface area contributed by atoms with Crippen molar-refractivity contribution in [1.29, 1.82) is 0 Å². The molecule has 0 saturated carbocycles. The summed E-state index contributed by atoms with van der Waals surface area (Å²) in [4.78, 5) is 13.9. The fourth-order valence-electron chi connectivity index (χ4n) is 2.45. The van der Waals surface area contributed by atoms with Gasteiger partial charge < -0.3 is 15.5 Å². The lowest BCUT2D eigenvalue weighted by atomic mass is 10.1. The first-order valence-corrected chi connectivity index (χ1v) is 5.99. The van der Waals surface area contributed by atoms with Crippen LogP contribution in [0.1, 0.15) is 12.8 Å². The minimum atomic E-state index is -0.867. The van der Waals surface area contributed by atoms with Gasteiger partial charge in [0, 0.05) is 26.1 Å². The summed E-state index contributed by atoms with van der Waals surface area (Å²) < 4.78 is 12.9. The van der Waals surface area contributed by atoms with Crippen LogP contribution in [0.15, 0.2) is 0 Å². The van der Waals surface area contributed by atoms with Crippen LogP contribution < -0.4 is 10.6 Å². The molecule has 2 aliphatic heterocycles. The van der Waals surface area contributed by atoms with Crippen molar-refractivity contribution in [3.8, 4) is 0 Å². The highest BCUT2D eigenvalue weighted by Gasteiger charge is 2.29. The van der Waals surface area contributed by atoms with Gasteiger partial charge in [-0.25, -0.2) is 4.39 Å². The van der Waals surface area contributed by atoms with Crippen molar-refractivity contribution in [3.05, 3.63) is 0 Å². The molecule has 0 aromatic carbocycles. The number of nitrogens with one attached hydrogen (secondary N) is 2. The summed E-state index contributed by atoms with van der Waals surface area (Å²) in [6.45, 7) is 3.18. The van der Waals surface area contributed by atoms with Crippen molar-refractivity contribution in [2.75, 3.05) is 33.2 Å². The molecule has 2 fully saturated rings. The van der Waals surface area contributed by atoms with Gasteiger partial charge in [-0.05, 0) is 25.9 Å². The average molecular weight is 266 g/mol. The number of amides is 1. The number of carbonyl (C=O) groups excluding carboxylic acids is 1. The van der Waals surface area contributed by atoms with Crippen LogP contribution >= 0.6 is 12.4 Å². The van der Waals surface area contributed by atoms with Gasteiger partial charge >= 0.3 is 0 Å². The van der Waals surface area contributed by atoms with E-state index in [-0.39, 0.29) is 24.4 Å². The molecule has 6 heteroatoms. The number of hydrogen-bond acceptors (Lipinski definition) is 3. The van der Waals surface area contributed by atoms with E-state index < -0.39 is 6.17 Å². The van der Waals surface area contributed by atoms with Crippen LogP contribution in [-0.2, 0) is 4.79 Å². The lowest BCUT2D eigenvalue weighted by Crippen LogP contribution is -2.42. The van der Waals surface area contributed by atoms with Crippen molar-refractivity contribution in [1.82, 2.24) is 15.5 Å². The first-order chi connectivity index (χ1) is 7.65. The van der Waals surface area contributed by atoms with E-state index in [2.05, 4.69) is 22.6 Å². The Bertz CT molecular complexity index is 267. The summed E-state index contributed by atoms with van der Waals surface area (Å²) in [6, 6.07) is -0.325. The Morgan fingerprint density at radius 2 is 2.35 bits per heavy atom. The van der Waals surface area contributed by atoms with Gasteiger partial charge in [-0.2, -0.15) is 0 Å².